The summed E-state index contributed by atoms with van der Waals surface area (Å²) in [6, 6.07) is 11.6. The summed E-state index contributed by atoms with van der Waals surface area (Å²) >= 11 is 3.42. The van der Waals surface area contributed by atoms with E-state index in [1.54, 1.807) is 6.07 Å². The molecule has 0 saturated heterocycles. The van der Waals surface area contributed by atoms with Crippen LogP contribution in [0.25, 0.3) is 10.8 Å². The Balaban J connectivity index is 2.96. The first-order chi connectivity index (χ1) is 6.74. The molecule has 2 aromatic rings. The van der Waals surface area contributed by atoms with Crippen LogP contribution >= 0.6 is 15.9 Å². The van der Waals surface area contributed by atoms with E-state index in [2.05, 4.69) is 22.0 Å². The third-order valence-electron chi connectivity index (χ3n) is 2.16. The Bertz CT molecular complexity index is 541. The average Bonchev–Trinajstić information content (AvgIpc) is 2.23. The van der Waals surface area contributed by atoms with Crippen molar-refractivity contribution in [3.8, 4) is 6.07 Å². The summed E-state index contributed by atoms with van der Waals surface area (Å²) in [5, 5.41) is 10.8. The van der Waals surface area contributed by atoms with E-state index in [0.29, 0.717) is 11.3 Å². The summed E-state index contributed by atoms with van der Waals surface area (Å²) in [7, 11) is 0. The Morgan fingerprint density at radius 1 is 1.21 bits per heavy atom. The number of fused-ring (bicyclic) bond motifs is 1. The van der Waals surface area contributed by atoms with E-state index in [-0.39, 0.29) is 0 Å². The summed E-state index contributed by atoms with van der Waals surface area (Å²) in [4.78, 5) is 0. The third-order valence-corrected chi connectivity index (χ3v) is 2.81. The third kappa shape index (κ3) is 1.24. The van der Waals surface area contributed by atoms with Gasteiger partial charge in [-0.1, -0.05) is 40.2 Å². The highest BCUT2D eigenvalue weighted by atomic mass is 79.9. The first-order valence-electron chi connectivity index (χ1n) is 4.11. The van der Waals surface area contributed by atoms with Gasteiger partial charge in [-0.3, -0.25) is 0 Å². The van der Waals surface area contributed by atoms with Gasteiger partial charge in [-0.25, -0.2) is 0 Å². The van der Waals surface area contributed by atoms with Gasteiger partial charge in [0.15, 0.2) is 0 Å². The zero-order valence-electron chi connectivity index (χ0n) is 7.29. The quantitative estimate of drug-likeness (QED) is 0.727. The van der Waals surface area contributed by atoms with Crippen LogP contribution in [0.3, 0.4) is 0 Å². The molecule has 0 fully saturated rings. The molecule has 2 N–H and O–H groups in total. The fraction of sp³-hybridized carbons (Fsp3) is 0. The predicted molar refractivity (Wildman–Crippen MR) is 60.8 cm³/mol. The summed E-state index contributed by atoms with van der Waals surface area (Å²) in [6.45, 7) is 0. The Hall–Kier alpha value is -1.53. The van der Waals surface area contributed by atoms with Gasteiger partial charge in [-0.05, 0) is 11.5 Å². The van der Waals surface area contributed by atoms with E-state index in [0.717, 1.165) is 15.2 Å². The zero-order valence-corrected chi connectivity index (χ0v) is 8.88. The van der Waals surface area contributed by atoms with Crippen molar-refractivity contribution in [2.24, 2.45) is 0 Å². The van der Waals surface area contributed by atoms with Crippen molar-refractivity contribution in [3.05, 3.63) is 40.4 Å². The SMILES string of the molecule is N#Cc1cc(Br)c2ccccc2c1N. The van der Waals surface area contributed by atoms with Crippen molar-refractivity contribution >= 4 is 32.4 Å². The minimum atomic E-state index is 0.510. The Labute approximate surface area is 90.1 Å². The van der Waals surface area contributed by atoms with Gasteiger partial charge in [0.25, 0.3) is 0 Å². The molecule has 0 aliphatic heterocycles. The lowest BCUT2D eigenvalue weighted by atomic mass is 10.1. The predicted octanol–water partition coefficient (Wildman–Crippen LogP) is 3.06. The van der Waals surface area contributed by atoms with Crippen LogP contribution in [-0.2, 0) is 0 Å². The maximum Gasteiger partial charge on any atom is 0.101 e. The summed E-state index contributed by atoms with van der Waals surface area (Å²) < 4.78 is 0.902. The number of rotatable bonds is 0. The summed E-state index contributed by atoms with van der Waals surface area (Å²) in [5.41, 5.74) is 6.91. The molecule has 0 aliphatic carbocycles. The highest BCUT2D eigenvalue weighted by Gasteiger charge is 2.06. The summed E-state index contributed by atoms with van der Waals surface area (Å²) in [6.07, 6.45) is 0. The van der Waals surface area contributed by atoms with Gasteiger partial charge in [-0.2, -0.15) is 5.26 Å². The number of anilines is 1. The number of benzene rings is 2. The number of nitrogens with two attached hydrogens (primary N) is 1. The molecule has 0 heterocycles. The number of nitriles is 1. The molecule has 0 unspecified atom stereocenters. The Kier molecular flexibility index (Phi) is 2.14. The second-order valence-electron chi connectivity index (χ2n) is 2.98. The summed E-state index contributed by atoms with van der Waals surface area (Å²) in [5.74, 6) is 0. The van der Waals surface area contributed by atoms with Gasteiger partial charge in [-0.15, -0.1) is 0 Å². The lowest BCUT2D eigenvalue weighted by Gasteiger charge is -2.05. The largest absolute Gasteiger partial charge is 0.397 e. The van der Waals surface area contributed by atoms with Crippen LogP contribution in [-0.4, -0.2) is 0 Å². The number of nitrogens with zero attached hydrogens (tertiary/aromatic N) is 1. The number of halogens is 1. The van der Waals surface area contributed by atoms with E-state index in [1.165, 1.54) is 0 Å². The van der Waals surface area contributed by atoms with E-state index in [4.69, 9.17) is 11.0 Å². The molecule has 0 aliphatic rings. The molecule has 0 spiro atoms. The number of nitrogen functional groups attached to an aromatic ring is 1. The monoisotopic (exact) mass is 246 g/mol. The number of hydrogen-bond acceptors (Lipinski definition) is 2. The van der Waals surface area contributed by atoms with Crippen molar-refractivity contribution in [2.45, 2.75) is 0 Å². The highest BCUT2D eigenvalue weighted by Crippen LogP contribution is 2.31. The lowest BCUT2D eigenvalue weighted by molar-refractivity contribution is 1.49. The zero-order chi connectivity index (χ0) is 10.1. The minimum absolute atomic E-state index is 0.510. The van der Waals surface area contributed by atoms with Crippen molar-refractivity contribution in [2.75, 3.05) is 5.73 Å². The van der Waals surface area contributed by atoms with Crippen molar-refractivity contribution in [3.63, 3.8) is 0 Å². The van der Waals surface area contributed by atoms with Gasteiger partial charge in [0.05, 0.1) is 11.3 Å². The normalized spacial score (nSPS) is 10.0. The van der Waals surface area contributed by atoms with Crippen molar-refractivity contribution in [1.29, 1.82) is 5.26 Å². The molecule has 0 aromatic heterocycles. The Morgan fingerprint density at radius 3 is 2.50 bits per heavy atom. The van der Waals surface area contributed by atoms with Crippen molar-refractivity contribution in [1.82, 2.24) is 0 Å². The fourth-order valence-electron chi connectivity index (χ4n) is 1.45. The molecule has 14 heavy (non-hydrogen) atoms. The highest BCUT2D eigenvalue weighted by molar-refractivity contribution is 9.10. The van der Waals surface area contributed by atoms with E-state index < -0.39 is 0 Å². The molecule has 2 rings (SSSR count). The van der Waals surface area contributed by atoms with Gasteiger partial charge in [0.2, 0.25) is 0 Å². The molecule has 68 valence electrons. The van der Waals surface area contributed by atoms with Crippen LogP contribution < -0.4 is 5.73 Å². The van der Waals surface area contributed by atoms with Crippen LogP contribution in [0.5, 0.6) is 0 Å². The first kappa shape index (κ1) is 9.04. The standard InChI is InChI=1S/C11H7BrN2/c12-10-5-7(6-13)11(14)9-4-2-1-3-8(9)10/h1-5H,14H2. The van der Waals surface area contributed by atoms with Gasteiger partial charge >= 0.3 is 0 Å². The topological polar surface area (TPSA) is 49.8 Å². The fourth-order valence-corrected chi connectivity index (χ4v) is 2.02. The average molecular weight is 247 g/mol. The molecular formula is C11H7BrN2. The molecule has 0 radical (unpaired) electrons. The lowest BCUT2D eigenvalue weighted by Crippen LogP contribution is -1.92. The number of hydrogen-bond donors (Lipinski definition) is 1. The first-order valence-corrected chi connectivity index (χ1v) is 4.90. The van der Waals surface area contributed by atoms with E-state index >= 15 is 0 Å². The molecule has 2 aromatic carbocycles. The van der Waals surface area contributed by atoms with Crippen LogP contribution in [0, 0.1) is 11.3 Å². The Morgan fingerprint density at radius 2 is 1.86 bits per heavy atom. The van der Waals surface area contributed by atoms with Gasteiger partial charge in [0.1, 0.15) is 6.07 Å². The molecule has 0 amide bonds. The molecule has 0 atom stereocenters. The van der Waals surface area contributed by atoms with E-state index in [1.807, 2.05) is 24.3 Å². The van der Waals surface area contributed by atoms with Gasteiger partial charge in [0, 0.05) is 9.86 Å². The molecular weight excluding hydrogens is 240 g/mol. The second kappa shape index (κ2) is 3.32. The molecule has 0 bridgehead atoms. The van der Waals surface area contributed by atoms with Crippen LogP contribution in [0.2, 0.25) is 0 Å². The van der Waals surface area contributed by atoms with Gasteiger partial charge < -0.3 is 5.73 Å². The van der Waals surface area contributed by atoms with Crippen LogP contribution in [0.1, 0.15) is 5.56 Å². The molecule has 0 saturated carbocycles. The second-order valence-corrected chi connectivity index (χ2v) is 3.83. The van der Waals surface area contributed by atoms with Crippen molar-refractivity contribution < 1.29 is 0 Å². The van der Waals surface area contributed by atoms with E-state index in [9.17, 15) is 0 Å². The van der Waals surface area contributed by atoms with Crippen LogP contribution in [0.15, 0.2) is 34.8 Å². The smallest absolute Gasteiger partial charge is 0.101 e. The maximum atomic E-state index is 8.85. The minimum Gasteiger partial charge on any atom is -0.397 e. The molecule has 2 nitrogen and oxygen atoms in total. The maximum absolute atomic E-state index is 8.85. The molecule has 3 heteroatoms. The van der Waals surface area contributed by atoms with Crippen LogP contribution in [0.4, 0.5) is 5.69 Å².